The van der Waals surface area contributed by atoms with Crippen molar-refractivity contribution < 1.29 is 51.6 Å². The summed E-state index contributed by atoms with van der Waals surface area (Å²) in [6.07, 6.45) is 5.74. The van der Waals surface area contributed by atoms with E-state index in [2.05, 4.69) is 0 Å². The number of hydrogen-bond acceptors (Lipinski definition) is 9. The smallest absolute Gasteiger partial charge is 0.338 e. The molecular formula is C41H46F2O9. The van der Waals surface area contributed by atoms with E-state index in [1.807, 2.05) is 12.2 Å². The molecule has 0 spiro atoms. The number of ether oxygens (including phenoxy) is 6. The number of esters is 3. The molecular weight excluding hydrogens is 674 g/mol. The van der Waals surface area contributed by atoms with Gasteiger partial charge < -0.3 is 28.4 Å². The molecule has 3 aromatic carbocycles. The van der Waals surface area contributed by atoms with Crippen LogP contribution in [-0.4, -0.2) is 63.0 Å². The minimum Gasteiger partial charge on any atom is -0.497 e. The van der Waals surface area contributed by atoms with Gasteiger partial charge >= 0.3 is 17.9 Å². The predicted octanol–water partition coefficient (Wildman–Crippen LogP) is 8.43. The first-order valence-electron chi connectivity index (χ1n) is 17.3. The van der Waals surface area contributed by atoms with E-state index in [1.165, 1.54) is 20.3 Å². The number of alkyl halides is 2. The van der Waals surface area contributed by atoms with Gasteiger partial charge in [-0.25, -0.2) is 9.59 Å². The summed E-state index contributed by atoms with van der Waals surface area (Å²) in [4.78, 5) is 38.7. The number of carbonyl (C=O) groups is 3. The van der Waals surface area contributed by atoms with Gasteiger partial charge in [0.15, 0.2) is 6.61 Å². The highest BCUT2D eigenvalue weighted by Crippen LogP contribution is 2.41. The topological polar surface area (TPSA) is 107 Å². The van der Waals surface area contributed by atoms with Gasteiger partial charge in [0.05, 0.1) is 31.5 Å². The van der Waals surface area contributed by atoms with Gasteiger partial charge in [-0.1, -0.05) is 36.4 Å². The zero-order chi connectivity index (χ0) is 37.5. The molecule has 0 saturated heterocycles. The largest absolute Gasteiger partial charge is 0.497 e. The lowest BCUT2D eigenvalue weighted by atomic mass is 9.89. The number of para-hydroxylation sites is 1. The number of benzene rings is 3. The van der Waals surface area contributed by atoms with E-state index in [0.717, 1.165) is 6.08 Å². The molecule has 0 unspecified atom stereocenters. The summed E-state index contributed by atoms with van der Waals surface area (Å²) in [5.74, 6) is -4.82. The van der Waals surface area contributed by atoms with Crippen molar-refractivity contribution in [1.82, 2.24) is 0 Å². The Hall–Kier alpha value is -5.19. The molecule has 0 heterocycles. The highest BCUT2D eigenvalue weighted by molar-refractivity contribution is 5.90. The van der Waals surface area contributed by atoms with E-state index in [0.29, 0.717) is 36.5 Å². The Kier molecular flexibility index (Phi) is 14.8. The molecule has 4 atom stereocenters. The quantitative estimate of drug-likeness (QED) is 0.0554. The maximum Gasteiger partial charge on any atom is 0.338 e. The maximum atomic E-state index is 15.3. The molecule has 0 bridgehead atoms. The minimum absolute atomic E-state index is 0.0738. The summed E-state index contributed by atoms with van der Waals surface area (Å²) in [5, 5.41) is 0. The van der Waals surface area contributed by atoms with E-state index in [-0.39, 0.29) is 36.0 Å². The highest BCUT2D eigenvalue weighted by Gasteiger charge is 2.46. The Morgan fingerprint density at radius 1 is 0.788 bits per heavy atom. The van der Waals surface area contributed by atoms with E-state index in [9.17, 15) is 14.4 Å². The van der Waals surface area contributed by atoms with Crippen molar-refractivity contribution in [3.63, 3.8) is 0 Å². The molecule has 1 aliphatic rings. The Bertz CT molecular complexity index is 1640. The summed E-state index contributed by atoms with van der Waals surface area (Å²) in [6, 6.07) is 21.0. The summed E-state index contributed by atoms with van der Waals surface area (Å²) in [6.45, 7) is 2.67. The van der Waals surface area contributed by atoms with Crippen molar-refractivity contribution in [2.75, 3.05) is 20.8 Å². The number of rotatable bonds is 18. The third-order valence-corrected chi connectivity index (χ3v) is 8.46. The van der Waals surface area contributed by atoms with Crippen molar-refractivity contribution in [3.05, 3.63) is 114 Å². The third-order valence-electron chi connectivity index (χ3n) is 8.46. The first-order chi connectivity index (χ1) is 25.0. The van der Waals surface area contributed by atoms with E-state index >= 15 is 8.78 Å². The van der Waals surface area contributed by atoms with Crippen LogP contribution in [0, 0.1) is 11.8 Å². The number of halogens is 2. The fourth-order valence-electron chi connectivity index (χ4n) is 5.84. The van der Waals surface area contributed by atoms with Gasteiger partial charge in [-0.15, -0.1) is 0 Å². The van der Waals surface area contributed by atoms with Gasteiger partial charge in [0, 0.05) is 24.7 Å². The molecule has 1 aliphatic carbocycles. The Morgan fingerprint density at radius 3 is 1.92 bits per heavy atom. The molecule has 11 heteroatoms. The van der Waals surface area contributed by atoms with Gasteiger partial charge in [0.2, 0.25) is 0 Å². The second-order valence-electron chi connectivity index (χ2n) is 12.7. The standard InChI is InChI=1S/C41H46F2O9/c1-28(2)50-38(44)15-11-6-5-10-14-34-35(24-25-41(42,43)27-49-33-12-8-7-9-13-33)37(52-40(46)30-18-22-32(48-4)23-19-30)26-36(34)51-39(45)29-16-20-31(47-3)21-17-29/h5,7-10,12-13,16-25,28,34-37H,6,11,14-15,26-27H2,1-4H3/b10-5-,25-24+/t34-,35+,36+,37-/m1/s1. The first-order valence-corrected chi connectivity index (χ1v) is 17.3. The van der Waals surface area contributed by atoms with Crippen LogP contribution >= 0.6 is 0 Å². The van der Waals surface area contributed by atoms with Crippen LogP contribution in [0.4, 0.5) is 8.78 Å². The Morgan fingerprint density at radius 2 is 1.37 bits per heavy atom. The molecule has 1 saturated carbocycles. The van der Waals surface area contributed by atoms with Crippen LogP contribution in [0.1, 0.15) is 66.7 Å². The fourth-order valence-corrected chi connectivity index (χ4v) is 5.84. The van der Waals surface area contributed by atoms with Crippen molar-refractivity contribution >= 4 is 17.9 Å². The van der Waals surface area contributed by atoms with E-state index in [4.69, 9.17) is 28.4 Å². The molecule has 0 N–H and O–H groups in total. The van der Waals surface area contributed by atoms with Gasteiger partial charge in [0.25, 0.3) is 5.92 Å². The van der Waals surface area contributed by atoms with Crippen molar-refractivity contribution in [1.29, 1.82) is 0 Å². The molecule has 4 rings (SSSR count). The zero-order valence-electron chi connectivity index (χ0n) is 29.9. The van der Waals surface area contributed by atoms with Crippen LogP contribution in [0.5, 0.6) is 17.2 Å². The second kappa shape index (κ2) is 19.4. The lowest BCUT2D eigenvalue weighted by molar-refractivity contribution is -0.147. The Balaban J connectivity index is 1.59. The highest BCUT2D eigenvalue weighted by atomic mass is 19.3. The molecule has 0 aromatic heterocycles. The summed E-state index contributed by atoms with van der Waals surface area (Å²) in [7, 11) is 3.02. The molecule has 52 heavy (non-hydrogen) atoms. The molecule has 9 nitrogen and oxygen atoms in total. The van der Waals surface area contributed by atoms with Gasteiger partial charge in [0.1, 0.15) is 29.5 Å². The van der Waals surface area contributed by atoms with Crippen LogP contribution in [0.25, 0.3) is 0 Å². The van der Waals surface area contributed by atoms with Crippen molar-refractivity contribution in [2.45, 2.75) is 70.2 Å². The molecule has 3 aromatic rings. The van der Waals surface area contributed by atoms with Crippen LogP contribution in [0.15, 0.2) is 103 Å². The van der Waals surface area contributed by atoms with Crippen molar-refractivity contribution in [3.8, 4) is 17.2 Å². The number of carbonyl (C=O) groups excluding carboxylic acids is 3. The van der Waals surface area contributed by atoms with Gasteiger partial charge in [-0.3, -0.25) is 4.79 Å². The number of allylic oxidation sites excluding steroid dienone is 2. The van der Waals surface area contributed by atoms with Crippen LogP contribution < -0.4 is 14.2 Å². The molecule has 278 valence electrons. The Labute approximate surface area is 303 Å². The normalized spacial score (nSPS) is 18.8. The number of unbranched alkanes of at least 4 members (excludes halogenated alkanes) is 1. The van der Waals surface area contributed by atoms with Gasteiger partial charge in [-0.2, -0.15) is 8.78 Å². The van der Waals surface area contributed by atoms with E-state index in [1.54, 1.807) is 92.7 Å². The number of hydrogen-bond donors (Lipinski definition) is 0. The van der Waals surface area contributed by atoms with Crippen LogP contribution in [0.3, 0.4) is 0 Å². The fraction of sp³-hybridized carbons (Fsp3) is 0.390. The van der Waals surface area contributed by atoms with Crippen LogP contribution in [0.2, 0.25) is 0 Å². The SMILES string of the molecule is COc1ccc(C(=O)O[C@H]2C[C@@H](OC(=O)c3ccc(OC)cc3)[C@@H](/C=C/C(F)(F)COc3ccccc3)[C@H]2C/C=C\CCCC(=O)OC(C)C)cc1. The summed E-state index contributed by atoms with van der Waals surface area (Å²) < 4.78 is 63.4. The first kappa shape index (κ1) is 39.6. The second-order valence-corrected chi connectivity index (χ2v) is 12.7. The maximum absolute atomic E-state index is 15.3. The molecule has 0 amide bonds. The summed E-state index contributed by atoms with van der Waals surface area (Å²) in [5.41, 5.74) is 0.523. The average Bonchev–Trinajstić information content (AvgIpc) is 3.45. The zero-order valence-corrected chi connectivity index (χ0v) is 29.9. The lowest BCUT2D eigenvalue weighted by Crippen LogP contribution is -2.28. The van der Waals surface area contributed by atoms with Crippen LogP contribution in [-0.2, 0) is 19.0 Å². The molecule has 1 fully saturated rings. The third kappa shape index (κ3) is 12.2. The molecule has 0 radical (unpaired) electrons. The predicted molar refractivity (Wildman–Crippen MR) is 191 cm³/mol. The minimum atomic E-state index is -3.37. The average molecular weight is 721 g/mol. The van der Waals surface area contributed by atoms with Crippen molar-refractivity contribution in [2.24, 2.45) is 11.8 Å². The van der Waals surface area contributed by atoms with Gasteiger partial charge in [-0.05, 0) is 99.8 Å². The molecule has 0 aliphatic heterocycles. The number of methoxy groups -OCH3 is 2. The van der Waals surface area contributed by atoms with E-state index < -0.39 is 48.5 Å². The monoisotopic (exact) mass is 720 g/mol. The lowest BCUT2D eigenvalue weighted by Gasteiger charge is -2.24. The summed E-state index contributed by atoms with van der Waals surface area (Å²) >= 11 is 0.